The fraction of sp³-hybridized carbons (Fsp3) is 0.214. The van der Waals surface area contributed by atoms with Crippen LogP contribution in [-0.2, 0) is 6.54 Å². The molecule has 0 atom stereocenters. The lowest BCUT2D eigenvalue weighted by Crippen LogP contribution is -1.99. The normalized spacial score (nSPS) is 10.5. The van der Waals surface area contributed by atoms with E-state index in [-0.39, 0.29) is 5.76 Å². The molecular weight excluding hydrogens is 310 g/mol. The van der Waals surface area contributed by atoms with Crippen LogP contribution in [0.3, 0.4) is 0 Å². The molecule has 0 aliphatic carbocycles. The second-order valence-electron chi connectivity index (χ2n) is 4.35. The number of furan rings is 1. The zero-order chi connectivity index (χ0) is 14.0. The predicted octanol–water partition coefficient (Wildman–Crippen LogP) is 3.97. The third-order valence-corrected chi connectivity index (χ3v) is 4.03. The van der Waals surface area contributed by atoms with Crippen molar-refractivity contribution < 1.29 is 14.3 Å². The highest BCUT2D eigenvalue weighted by Gasteiger charge is 2.09. The third-order valence-electron chi connectivity index (χ3n) is 2.78. The number of nitrogens with one attached hydrogen (secondary N) is 1. The maximum absolute atomic E-state index is 10.7. The first-order chi connectivity index (χ1) is 8.97. The molecule has 0 saturated carbocycles. The number of hydrogen-bond acceptors (Lipinski definition) is 3. The van der Waals surface area contributed by atoms with Gasteiger partial charge in [-0.2, -0.15) is 0 Å². The van der Waals surface area contributed by atoms with E-state index in [1.807, 2.05) is 26.0 Å². The molecule has 0 aliphatic rings. The van der Waals surface area contributed by atoms with Gasteiger partial charge < -0.3 is 14.8 Å². The molecule has 0 aliphatic heterocycles. The molecule has 5 heteroatoms. The van der Waals surface area contributed by atoms with Gasteiger partial charge in [-0.05, 0) is 49.2 Å². The van der Waals surface area contributed by atoms with Gasteiger partial charge >= 0.3 is 5.97 Å². The Hall–Kier alpha value is -1.75. The van der Waals surface area contributed by atoms with E-state index in [0.29, 0.717) is 12.3 Å². The Labute approximate surface area is 119 Å². The molecule has 1 heterocycles. The minimum absolute atomic E-state index is 0.0417. The number of carboxylic acid groups (broad SMARTS) is 1. The summed E-state index contributed by atoms with van der Waals surface area (Å²) in [5.74, 6) is -0.503. The smallest absolute Gasteiger partial charge is 0.371 e. The van der Waals surface area contributed by atoms with E-state index in [2.05, 4.69) is 21.2 Å². The van der Waals surface area contributed by atoms with Crippen molar-refractivity contribution in [2.45, 2.75) is 20.4 Å². The largest absolute Gasteiger partial charge is 0.475 e. The molecule has 2 N–H and O–H groups in total. The summed E-state index contributed by atoms with van der Waals surface area (Å²) in [7, 11) is 0. The highest BCUT2D eigenvalue weighted by Crippen LogP contribution is 2.25. The number of aromatic carboxylic acids is 1. The first kappa shape index (κ1) is 13.7. The summed E-state index contributed by atoms with van der Waals surface area (Å²) in [5.41, 5.74) is 3.27. The lowest BCUT2D eigenvalue weighted by Gasteiger charge is -2.09. The van der Waals surface area contributed by atoms with Crippen molar-refractivity contribution in [1.29, 1.82) is 0 Å². The van der Waals surface area contributed by atoms with Crippen molar-refractivity contribution in [3.05, 3.63) is 51.4 Å². The fourth-order valence-corrected chi connectivity index (χ4v) is 2.05. The average molecular weight is 324 g/mol. The summed E-state index contributed by atoms with van der Waals surface area (Å²) in [6.07, 6.45) is 0. The highest BCUT2D eigenvalue weighted by atomic mass is 79.9. The standard InChI is InChI=1S/C14H14BrNO3/c1-8-5-10(6-9(2)13(8)15)16-7-11-3-4-12(19-11)14(17)18/h3-6,16H,7H2,1-2H3,(H,17,18). The van der Waals surface area contributed by atoms with Crippen molar-refractivity contribution in [3.8, 4) is 0 Å². The average Bonchev–Trinajstić information content (AvgIpc) is 2.82. The third kappa shape index (κ3) is 3.17. The zero-order valence-electron chi connectivity index (χ0n) is 10.7. The van der Waals surface area contributed by atoms with Gasteiger partial charge in [0.15, 0.2) is 0 Å². The summed E-state index contributed by atoms with van der Waals surface area (Å²) in [4.78, 5) is 10.7. The topological polar surface area (TPSA) is 62.5 Å². The van der Waals surface area contributed by atoms with Gasteiger partial charge in [0, 0.05) is 10.2 Å². The summed E-state index contributed by atoms with van der Waals surface area (Å²) in [6.45, 7) is 4.50. The lowest BCUT2D eigenvalue weighted by molar-refractivity contribution is 0.0660. The van der Waals surface area contributed by atoms with Crippen molar-refractivity contribution in [2.75, 3.05) is 5.32 Å². The molecule has 0 saturated heterocycles. The van der Waals surface area contributed by atoms with Gasteiger partial charge in [-0.1, -0.05) is 15.9 Å². The molecule has 1 aromatic carbocycles. The maximum Gasteiger partial charge on any atom is 0.371 e. The van der Waals surface area contributed by atoms with Crippen LogP contribution in [0.15, 0.2) is 33.2 Å². The molecule has 0 unspecified atom stereocenters. The van der Waals surface area contributed by atoms with Crippen molar-refractivity contribution in [1.82, 2.24) is 0 Å². The Morgan fingerprint density at radius 1 is 1.32 bits per heavy atom. The second-order valence-corrected chi connectivity index (χ2v) is 5.14. The summed E-state index contributed by atoms with van der Waals surface area (Å²) in [5, 5.41) is 12.0. The minimum atomic E-state index is -1.05. The van der Waals surface area contributed by atoms with E-state index >= 15 is 0 Å². The van der Waals surface area contributed by atoms with Crippen molar-refractivity contribution in [3.63, 3.8) is 0 Å². The molecule has 0 amide bonds. The molecule has 0 spiro atoms. The number of carbonyl (C=O) groups is 1. The van der Waals surface area contributed by atoms with Crippen LogP contribution in [-0.4, -0.2) is 11.1 Å². The minimum Gasteiger partial charge on any atom is -0.475 e. The maximum atomic E-state index is 10.7. The Morgan fingerprint density at radius 2 is 1.95 bits per heavy atom. The molecule has 1 aromatic heterocycles. The quantitative estimate of drug-likeness (QED) is 0.893. The number of benzene rings is 1. The second kappa shape index (κ2) is 5.48. The first-order valence-electron chi connectivity index (χ1n) is 5.80. The molecule has 0 radical (unpaired) electrons. The Morgan fingerprint density at radius 3 is 2.47 bits per heavy atom. The Bertz CT molecular complexity index is 596. The molecule has 2 aromatic rings. The SMILES string of the molecule is Cc1cc(NCc2ccc(C(=O)O)o2)cc(C)c1Br. The molecule has 100 valence electrons. The van der Waals surface area contributed by atoms with Gasteiger partial charge in [0.05, 0.1) is 6.54 Å². The summed E-state index contributed by atoms with van der Waals surface area (Å²) in [6, 6.07) is 7.17. The van der Waals surface area contributed by atoms with Crippen LogP contribution in [0.25, 0.3) is 0 Å². The monoisotopic (exact) mass is 323 g/mol. The Balaban J connectivity index is 2.08. The van der Waals surface area contributed by atoms with Gasteiger partial charge in [0.2, 0.25) is 5.76 Å². The van der Waals surface area contributed by atoms with Gasteiger partial charge in [-0.15, -0.1) is 0 Å². The van der Waals surface area contributed by atoms with Crippen LogP contribution < -0.4 is 5.32 Å². The van der Waals surface area contributed by atoms with Crippen LogP contribution in [0.4, 0.5) is 5.69 Å². The van der Waals surface area contributed by atoms with Crippen LogP contribution in [0.2, 0.25) is 0 Å². The molecular formula is C14H14BrNO3. The van der Waals surface area contributed by atoms with Gasteiger partial charge in [-0.3, -0.25) is 0 Å². The molecule has 2 rings (SSSR count). The predicted molar refractivity (Wildman–Crippen MR) is 76.6 cm³/mol. The molecule has 4 nitrogen and oxygen atoms in total. The van der Waals surface area contributed by atoms with E-state index < -0.39 is 5.97 Å². The highest BCUT2D eigenvalue weighted by molar-refractivity contribution is 9.10. The van der Waals surface area contributed by atoms with Gasteiger partial charge in [0.1, 0.15) is 5.76 Å². The van der Waals surface area contributed by atoms with E-state index in [0.717, 1.165) is 21.3 Å². The van der Waals surface area contributed by atoms with Crippen LogP contribution in [0, 0.1) is 13.8 Å². The lowest BCUT2D eigenvalue weighted by atomic mass is 10.1. The first-order valence-corrected chi connectivity index (χ1v) is 6.59. The number of aryl methyl sites for hydroxylation is 2. The fourth-order valence-electron chi connectivity index (χ4n) is 1.83. The molecule has 0 bridgehead atoms. The van der Waals surface area contributed by atoms with E-state index in [9.17, 15) is 4.79 Å². The number of hydrogen-bond donors (Lipinski definition) is 2. The summed E-state index contributed by atoms with van der Waals surface area (Å²) < 4.78 is 6.28. The summed E-state index contributed by atoms with van der Waals surface area (Å²) >= 11 is 3.52. The van der Waals surface area contributed by atoms with Crippen LogP contribution >= 0.6 is 15.9 Å². The number of rotatable bonds is 4. The molecule has 19 heavy (non-hydrogen) atoms. The van der Waals surface area contributed by atoms with E-state index in [1.54, 1.807) is 6.07 Å². The molecule has 0 fully saturated rings. The van der Waals surface area contributed by atoms with Gasteiger partial charge in [0.25, 0.3) is 0 Å². The number of anilines is 1. The van der Waals surface area contributed by atoms with Crippen LogP contribution in [0.1, 0.15) is 27.4 Å². The van der Waals surface area contributed by atoms with Gasteiger partial charge in [-0.25, -0.2) is 4.79 Å². The van der Waals surface area contributed by atoms with E-state index in [4.69, 9.17) is 9.52 Å². The van der Waals surface area contributed by atoms with E-state index in [1.165, 1.54) is 6.07 Å². The zero-order valence-corrected chi connectivity index (χ0v) is 12.2. The number of halogens is 1. The van der Waals surface area contributed by atoms with Crippen molar-refractivity contribution in [2.24, 2.45) is 0 Å². The number of carboxylic acids is 1. The van der Waals surface area contributed by atoms with Crippen LogP contribution in [0.5, 0.6) is 0 Å². The Kier molecular flexibility index (Phi) is 3.95. The van der Waals surface area contributed by atoms with Crippen molar-refractivity contribution >= 4 is 27.6 Å².